The Kier molecular flexibility index (Phi) is 10.8. The van der Waals surface area contributed by atoms with Gasteiger partial charge >= 0.3 is 19.5 Å². The van der Waals surface area contributed by atoms with Crippen molar-refractivity contribution in [1.29, 1.82) is 0 Å². The predicted molar refractivity (Wildman–Crippen MR) is 193 cm³/mol. The number of aromatic nitrogens is 8. The van der Waals surface area contributed by atoms with Crippen LogP contribution in [0.2, 0.25) is 10.0 Å². The van der Waals surface area contributed by atoms with Crippen LogP contribution in [0.5, 0.6) is 0 Å². The van der Waals surface area contributed by atoms with Crippen molar-refractivity contribution in [1.82, 2.24) is 39.9 Å². The summed E-state index contributed by atoms with van der Waals surface area (Å²) in [6.45, 7) is 0. The first kappa shape index (κ1) is 33.6. The van der Waals surface area contributed by atoms with Crippen molar-refractivity contribution < 1.29 is 19.5 Å². The maximum absolute atomic E-state index is 6.13. The van der Waals surface area contributed by atoms with E-state index in [9.17, 15) is 0 Å². The van der Waals surface area contributed by atoms with Crippen molar-refractivity contribution in [2.45, 2.75) is 0 Å². The first-order chi connectivity index (χ1) is 23.7. The van der Waals surface area contributed by atoms with Crippen molar-refractivity contribution in [2.24, 2.45) is 0 Å². The summed E-state index contributed by atoms with van der Waals surface area (Å²) in [6.07, 6.45) is 10.6. The fourth-order valence-electron chi connectivity index (χ4n) is 5.05. The van der Waals surface area contributed by atoms with Gasteiger partial charge in [-0.3, -0.25) is 29.9 Å². The van der Waals surface area contributed by atoms with Crippen LogP contribution in [0.1, 0.15) is 0 Å². The summed E-state index contributed by atoms with van der Waals surface area (Å²) in [4.78, 5) is 35.3. The maximum Gasteiger partial charge on any atom is 2.00 e. The monoisotopic (exact) mass is 764 g/mol. The van der Waals surface area contributed by atoms with Crippen LogP contribution >= 0.6 is 23.2 Å². The number of nitrogens with zero attached hydrogens (tertiary/aromatic N) is 8. The zero-order valence-corrected chi connectivity index (χ0v) is 28.8. The van der Waals surface area contributed by atoms with Gasteiger partial charge < -0.3 is 0 Å². The van der Waals surface area contributed by atoms with Gasteiger partial charge in [0.1, 0.15) is 0 Å². The largest absolute Gasteiger partial charge is 2.00 e. The molecule has 0 saturated carbocycles. The molecule has 2 aromatic carbocycles. The molecule has 49 heavy (non-hydrogen) atoms. The molecule has 0 aliphatic rings. The Balaban J connectivity index is 0.000000141. The third kappa shape index (κ3) is 7.55. The molecule has 7 heterocycles. The van der Waals surface area contributed by atoms with Crippen molar-refractivity contribution >= 4 is 67.1 Å². The Morgan fingerprint density at radius 2 is 0.673 bits per heavy atom. The average molecular weight is 765 g/mol. The normalized spacial score (nSPS) is 10.5. The van der Waals surface area contributed by atoms with Crippen molar-refractivity contribution in [3.8, 4) is 22.8 Å². The van der Waals surface area contributed by atoms with Crippen LogP contribution < -0.4 is 0 Å². The van der Waals surface area contributed by atoms with Crippen LogP contribution in [0.25, 0.3) is 66.6 Å². The molecule has 9 rings (SSSR count). The molecule has 0 bridgehead atoms. The van der Waals surface area contributed by atoms with E-state index in [1.54, 1.807) is 49.3 Å². The van der Waals surface area contributed by atoms with Crippen LogP contribution in [0.4, 0.5) is 0 Å². The molecular formula is C38H24Cl2N8Ru+2. The number of rotatable bonds is 2. The molecule has 0 amide bonds. The maximum atomic E-state index is 6.13. The Labute approximate surface area is 304 Å². The van der Waals surface area contributed by atoms with E-state index in [2.05, 4.69) is 29.9 Å². The Morgan fingerprint density at radius 1 is 0.347 bits per heavy atom. The minimum atomic E-state index is 0. The molecule has 0 aliphatic heterocycles. The number of benzene rings is 2. The second-order valence-corrected chi connectivity index (χ2v) is 11.1. The minimum Gasteiger partial charge on any atom is -0.255 e. The molecule has 0 N–H and O–H groups in total. The van der Waals surface area contributed by atoms with Crippen LogP contribution in [-0.4, -0.2) is 39.9 Å². The van der Waals surface area contributed by atoms with Crippen molar-refractivity contribution in [3.63, 3.8) is 0 Å². The van der Waals surface area contributed by atoms with E-state index < -0.39 is 0 Å². The quantitative estimate of drug-likeness (QED) is 0.0975. The third-order valence-electron chi connectivity index (χ3n) is 7.24. The molecule has 0 unspecified atom stereocenters. The van der Waals surface area contributed by atoms with E-state index in [0.29, 0.717) is 21.1 Å². The summed E-state index contributed by atoms with van der Waals surface area (Å²) in [7, 11) is 0. The molecule has 0 saturated heterocycles. The Bertz CT molecular complexity index is 2230. The van der Waals surface area contributed by atoms with Crippen LogP contribution in [0.3, 0.4) is 0 Å². The predicted octanol–water partition coefficient (Wildman–Crippen LogP) is 9.47. The van der Waals surface area contributed by atoms with Gasteiger partial charge in [-0.15, -0.1) is 0 Å². The summed E-state index contributed by atoms with van der Waals surface area (Å²) >= 11 is 12.3. The number of pyridine rings is 6. The van der Waals surface area contributed by atoms with Gasteiger partial charge in [0.05, 0.1) is 65.9 Å². The minimum absolute atomic E-state index is 0. The fourth-order valence-corrected chi connectivity index (χ4v) is 5.37. The molecule has 0 radical (unpaired) electrons. The first-order valence-electron chi connectivity index (χ1n) is 14.9. The molecule has 0 atom stereocenters. The van der Waals surface area contributed by atoms with Gasteiger partial charge in [0.15, 0.2) is 0 Å². The summed E-state index contributed by atoms with van der Waals surface area (Å²) in [5.41, 5.74) is 8.25. The molecule has 7 aromatic heterocycles. The Hall–Kier alpha value is -5.34. The van der Waals surface area contributed by atoms with E-state index in [0.717, 1.165) is 55.6 Å². The van der Waals surface area contributed by atoms with Crippen LogP contribution in [0, 0.1) is 0 Å². The number of halogens is 2. The smallest absolute Gasteiger partial charge is 0.255 e. The number of fused-ring (bicyclic) bond motifs is 7. The second kappa shape index (κ2) is 15.7. The zero-order valence-electron chi connectivity index (χ0n) is 25.5. The molecule has 0 aliphatic carbocycles. The van der Waals surface area contributed by atoms with Gasteiger partial charge in [-0.05, 0) is 84.9 Å². The van der Waals surface area contributed by atoms with Crippen molar-refractivity contribution in [3.05, 3.63) is 156 Å². The van der Waals surface area contributed by atoms with Gasteiger partial charge in [-0.25, -0.2) is 9.97 Å². The summed E-state index contributed by atoms with van der Waals surface area (Å²) in [5, 5.41) is 2.75. The molecular weight excluding hydrogens is 740 g/mol. The number of hydrogen-bond donors (Lipinski definition) is 0. The van der Waals surface area contributed by atoms with Gasteiger partial charge in [0, 0.05) is 48.0 Å². The fraction of sp³-hybridized carbons (Fsp3) is 0. The Morgan fingerprint density at radius 3 is 0.980 bits per heavy atom. The topological polar surface area (TPSA) is 103 Å². The van der Waals surface area contributed by atoms with Crippen LogP contribution in [0.15, 0.2) is 146 Å². The second-order valence-electron chi connectivity index (χ2n) is 10.3. The van der Waals surface area contributed by atoms with E-state index in [1.165, 1.54) is 0 Å². The average Bonchev–Trinajstić information content (AvgIpc) is 3.17. The van der Waals surface area contributed by atoms with Gasteiger partial charge in [-0.2, -0.15) is 0 Å². The van der Waals surface area contributed by atoms with E-state index in [1.807, 2.05) is 97.1 Å². The molecule has 8 nitrogen and oxygen atoms in total. The molecule has 9 aromatic rings. The van der Waals surface area contributed by atoms with Gasteiger partial charge in [0.25, 0.3) is 0 Å². The van der Waals surface area contributed by atoms with Gasteiger partial charge in [-0.1, -0.05) is 47.5 Å². The van der Waals surface area contributed by atoms with E-state index in [4.69, 9.17) is 33.2 Å². The van der Waals surface area contributed by atoms with E-state index >= 15 is 0 Å². The summed E-state index contributed by atoms with van der Waals surface area (Å²) in [6, 6.07) is 34.4. The van der Waals surface area contributed by atoms with Gasteiger partial charge in [0.2, 0.25) is 0 Å². The van der Waals surface area contributed by atoms with Crippen molar-refractivity contribution in [2.75, 3.05) is 0 Å². The third-order valence-corrected chi connectivity index (χ3v) is 7.96. The SMILES string of the molecule is Clc1cc2nc3c4cccnc4c4ncccc4c3nc2cc1Cl.[Ru+2].c1ccc(-c2ccccn2)nc1.c1ccc(-c2ccccn2)nc1. The van der Waals surface area contributed by atoms with E-state index in [-0.39, 0.29) is 19.5 Å². The number of hydrogen-bond acceptors (Lipinski definition) is 8. The zero-order chi connectivity index (χ0) is 32.7. The molecule has 0 fully saturated rings. The summed E-state index contributed by atoms with van der Waals surface area (Å²) < 4.78 is 0. The molecule has 236 valence electrons. The summed E-state index contributed by atoms with van der Waals surface area (Å²) in [5.74, 6) is 0. The molecule has 0 spiro atoms. The molecule has 11 heteroatoms. The van der Waals surface area contributed by atoms with Crippen LogP contribution in [-0.2, 0) is 19.5 Å². The standard InChI is InChI=1S/C18H8Cl2N4.2C10H8N2.Ru/c19-11-7-13-14(8-12(11)20)24-18-10-4-2-6-22-16(10)15-9(17(18)23-13)3-1-5-21-15;2*1-3-7-11-9(5-1)10-6-2-4-8-12-10;/h1-8H;2*1-8H;/q;;;+2. The first-order valence-corrected chi connectivity index (χ1v) is 15.6.